The van der Waals surface area contributed by atoms with Crippen LogP contribution in [0, 0.1) is 12.3 Å². The Hall–Kier alpha value is -2.88. The molecule has 0 fully saturated rings. The zero-order chi connectivity index (χ0) is 32.0. The topological polar surface area (TPSA) is 54.3 Å². The molecule has 0 aliphatic heterocycles. The summed E-state index contributed by atoms with van der Waals surface area (Å²) in [6, 6.07) is 5.89. The van der Waals surface area contributed by atoms with Gasteiger partial charge in [-0.05, 0) is 63.6 Å². The Morgan fingerprint density at radius 2 is 1.83 bits per heavy atom. The average Bonchev–Trinajstić information content (AvgIpc) is 3.27. The highest BCUT2D eigenvalue weighted by Crippen LogP contribution is 2.38. The summed E-state index contributed by atoms with van der Waals surface area (Å²) >= 11 is -1.57. The van der Waals surface area contributed by atoms with E-state index in [1.165, 1.54) is 26.5 Å². The number of nitrogens with one attached hydrogen (secondary N) is 1. The number of carbonyl (C=O) groups is 1. The van der Waals surface area contributed by atoms with E-state index in [4.69, 9.17) is 0 Å². The maximum atomic E-state index is 12.9. The Bertz CT molecular complexity index is 1170. The molecule has 0 saturated heterocycles. The van der Waals surface area contributed by atoms with E-state index in [1.54, 1.807) is 21.0 Å². The van der Waals surface area contributed by atoms with Gasteiger partial charge < -0.3 is 4.57 Å². The minimum absolute atomic E-state index is 0.335. The number of benzene rings is 1. The first-order chi connectivity index (χ1) is 19.7. The predicted octanol–water partition coefficient (Wildman–Crippen LogP) is 9.14. The van der Waals surface area contributed by atoms with Gasteiger partial charge in [0, 0.05) is 49.2 Å². The fourth-order valence-corrected chi connectivity index (χ4v) is 4.84. The Balaban J connectivity index is 0. The van der Waals surface area contributed by atoms with Gasteiger partial charge in [0.15, 0.2) is 11.2 Å². The summed E-state index contributed by atoms with van der Waals surface area (Å²) in [5.74, 6) is 2.38. The Morgan fingerprint density at radius 1 is 1.22 bits per heavy atom. The highest BCUT2D eigenvalue weighted by molar-refractivity contribution is 7.81. The lowest BCUT2D eigenvalue weighted by molar-refractivity contribution is 0.0981. The van der Waals surface area contributed by atoms with E-state index < -0.39 is 11.2 Å². The molecule has 2 rings (SSSR count). The van der Waals surface area contributed by atoms with Gasteiger partial charge in [0.25, 0.3) is 5.91 Å². The number of nitrogens with zero attached hydrogens (tertiary/aromatic N) is 2. The highest BCUT2D eigenvalue weighted by Gasteiger charge is 2.23. The van der Waals surface area contributed by atoms with Crippen LogP contribution < -0.4 is 4.72 Å². The van der Waals surface area contributed by atoms with Crippen LogP contribution in [-0.2, 0) is 24.1 Å². The Kier molecular flexibility index (Phi) is 23.4. The summed E-state index contributed by atoms with van der Waals surface area (Å²) < 4.78 is 18.6. The average molecular weight is 584 g/mol. The molecule has 1 amide bonds. The van der Waals surface area contributed by atoms with Gasteiger partial charge in [-0.2, -0.15) is 0 Å². The van der Waals surface area contributed by atoms with Gasteiger partial charge >= 0.3 is 0 Å². The zero-order valence-electron chi connectivity index (χ0n) is 27.8. The number of terminal acetylenes is 1. The van der Waals surface area contributed by atoms with Crippen molar-refractivity contribution in [3.63, 3.8) is 0 Å². The van der Waals surface area contributed by atoms with Crippen LogP contribution in [0.4, 0.5) is 0 Å². The lowest BCUT2D eigenvalue weighted by Crippen LogP contribution is -2.34. The van der Waals surface area contributed by atoms with E-state index >= 15 is 0 Å². The van der Waals surface area contributed by atoms with Crippen molar-refractivity contribution < 1.29 is 9.00 Å². The molecule has 5 nitrogen and oxygen atoms in total. The fourth-order valence-electron chi connectivity index (χ4n) is 4.39. The molecule has 2 unspecified atom stereocenters. The number of rotatable bonds is 13. The molecule has 1 N–H and O–H groups in total. The SMILES string of the molecule is C#CC.C=CC/C=C(/C)Cn1c(C/C=C\C)c(C(CC)CCC)c2ccc(C(=O)NS(=O)N(C)C)cc21.CC.CC. The number of amides is 1. The number of aromatic nitrogens is 1. The molecule has 230 valence electrons. The second kappa shape index (κ2) is 23.8. The molecule has 2 atom stereocenters. The lowest BCUT2D eigenvalue weighted by Gasteiger charge is -2.17. The molecule has 0 bridgehead atoms. The molecular weight excluding hydrogens is 526 g/mol. The number of fused-ring (bicyclic) bond motifs is 1. The van der Waals surface area contributed by atoms with Crippen LogP contribution in [0.25, 0.3) is 10.9 Å². The van der Waals surface area contributed by atoms with Crippen LogP contribution in [0.15, 0.2) is 54.7 Å². The maximum Gasteiger partial charge on any atom is 0.264 e. The van der Waals surface area contributed by atoms with Crippen molar-refractivity contribution in [1.82, 2.24) is 13.6 Å². The van der Waals surface area contributed by atoms with Crippen LogP contribution >= 0.6 is 0 Å². The normalized spacial score (nSPS) is 12.2. The van der Waals surface area contributed by atoms with Crippen LogP contribution in [0.2, 0.25) is 0 Å². The molecule has 0 aliphatic carbocycles. The van der Waals surface area contributed by atoms with Gasteiger partial charge in [-0.1, -0.05) is 83.9 Å². The van der Waals surface area contributed by atoms with Crippen molar-refractivity contribution >= 4 is 28.0 Å². The van der Waals surface area contributed by atoms with Crippen molar-refractivity contribution in [1.29, 1.82) is 0 Å². The fraction of sp³-hybridized carbons (Fsp3) is 0.514. The number of hydrogen-bond acceptors (Lipinski definition) is 2. The van der Waals surface area contributed by atoms with E-state index in [0.29, 0.717) is 11.5 Å². The van der Waals surface area contributed by atoms with E-state index in [1.807, 2.05) is 45.9 Å². The smallest absolute Gasteiger partial charge is 0.264 e. The molecule has 0 radical (unpaired) electrons. The molecule has 2 aromatic rings. The number of carbonyl (C=O) groups excluding carboxylic acids is 1. The van der Waals surface area contributed by atoms with Crippen molar-refractivity contribution in [3.8, 4) is 12.3 Å². The summed E-state index contributed by atoms with van der Waals surface area (Å²) in [5.41, 5.74) is 5.55. The van der Waals surface area contributed by atoms with E-state index in [0.717, 1.165) is 44.2 Å². The third-order valence-electron chi connectivity index (χ3n) is 6.11. The zero-order valence-corrected chi connectivity index (χ0v) is 28.6. The minimum atomic E-state index is -1.57. The Morgan fingerprint density at radius 3 is 2.32 bits per heavy atom. The summed E-state index contributed by atoms with van der Waals surface area (Å²) in [4.78, 5) is 12.9. The van der Waals surface area contributed by atoms with Gasteiger partial charge in [-0.25, -0.2) is 8.51 Å². The Labute approximate surface area is 254 Å². The summed E-state index contributed by atoms with van der Waals surface area (Å²) in [5, 5.41) is 1.21. The quantitative estimate of drug-likeness (QED) is 0.189. The van der Waals surface area contributed by atoms with Crippen LogP contribution in [0.1, 0.15) is 116 Å². The molecule has 41 heavy (non-hydrogen) atoms. The monoisotopic (exact) mass is 583 g/mol. The van der Waals surface area contributed by atoms with Gasteiger partial charge in [0.05, 0.1) is 0 Å². The van der Waals surface area contributed by atoms with Gasteiger partial charge in [0.2, 0.25) is 0 Å². The first kappa shape index (κ1) is 40.3. The first-order valence-corrected chi connectivity index (χ1v) is 16.1. The molecule has 0 spiro atoms. The van der Waals surface area contributed by atoms with Crippen molar-refractivity contribution in [3.05, 3.63) is 71.5 Å². The molecule has 0 aliphatic rings. The summed E-state index contributed by atoms with van der Waals surface area (Å²) in [7, 11) is 3.34. The summed E-state index contributed by atoms with van der Waals surface area (Å²) in [6.45, 7) is 23.0. The second-order valence-corrected chi connectivity index (χ2v) is 10.6. The summed E-state index contributed by atoms with van der Waals surface area (Å²) in [6.07, 6.45) is 18.0. The number of allylic oxidation sites excluding steroid dienone is 5. The third-order valence-corrected chi connectivity index (χ3v) is 7.14. The van der Waals surface area contributed by atoms with Crippen molar-refractivity contribution in [2.75, 3.05) is 14.1 Å². The van der Waals surface area contributed by atoms with Crippen molar-refractivity contribution in [2.24, 2.45) is 0 Å². The van der Waals surface area contributed by atoms with Gasteiger partial charge in [0.1, 0.15) is 0 Å². The lowest BCUT2D eigenvalue weighted by atomic mass is 9.89. The van der Waals surface area contributed by atoms with Crippen LogP contribution in [0.5, 0.6) is 0 Å². The van der Waals surface area contributed by atoms with Crippen LogP contribution in [-0.4, -0.2) is 33.1 Å². The third kappa shape index (κ3) is 13.1. The van der Waals surface area contributed by atoms with E-state index in [9.17, 15) is 9.00 Å². The van der Waals surface area contributed by atoms with Gasteiger partial charge in [-0.15, -0.1) is 18.9 Å². The van der Waals surface area contributed by atoms with E-state index in [2.05, 4.69) is 80.2 Å². The largest absolute Gasteiger partial charge is 0.340 e. The standard InChI is InChI=1S/C28H41N3O2S.C3H4.2C2H6/c1-8-12-15-21(5)20-31-25(16-13-9-2)27(22(11-4)14-10-3)24-18-17-23(19-26(24)31)28(32)29-34(33)30(6)7;1-3-2;2*1-2/h8-9,13,15,17-19,22H,1,10-12,14,16,20H2,2-7H3,(H,29,32);1H,2H3;2*1-2H3/b13-9-,21-15-;;;. The highest BCUT2D eigenvalue weighted by atomic mass is 32.2. The molecule has 1 aromatic heterocycles. The second-order valence-electron chi connectivity index (χ2n) is 9.20. The minimum Gasteiger partial charge on any atom is -0.340 e. The number of hydrogen-bond donors (Lipinski definition) is 1. The molecule has 1 aromatic carbocycles. The van der Waals surface area contributed by atoms with Crippen molar-refractivity contribution in [2.45, 2.75) is 107 Å². The molecule has 6 heteroatoms. The van der Waals surface area contributed by atoms with E-state index in [-0.39, 0.29) is 5.91 Å². The van der Waals surface area contributed by atoms with Gasteiger partial charge in [-0.3, -0.25) is 9.52 Å². The predicted molar refractivity (Wildman–Crippen MR) is 183 cm³/mol. The first-order valence-electron chi connectivity index (χ1n) is 15.0. The molecule has 1 heterocycles. The van der Waals surface area contributed by atoms with Crippen LogP contribution in [0.3, 0.4) is 0 Å². The molecule has 0 saturated carbocycles. The maximum absolute atomic E-state index is 12.9. The molecular formula is C35H57N3O2S.